The smallest absolute Gasteiger partial charge is 0.0594 e. The van der Waals surface area contributed by atoms with Gasteiger partial charge in [-0.3, -0.25) is 4.90 Å². The number of fused-ring (bicyclic) bond motifs is 3. The van der Waals surface area contributed by atoms with Crippen molar-refractivity contribution in [1.82, 2.24) is 9.47 Å². The van der Waals surface area contributed by atoms with Crippen LogP contribution in [-0.2, 0) is 4.74 Å². The molecule has 1 saturated heterocycles. The third-order valence-electron chi connectivity index (χ3n) is 4.34. The van der Waals surface area contributed by atoms with Crippen molar-refractivity contribution >= 4 is 28.0 Å². The summed E-state index contributed by atoms with van der Waals surface area (Å²) in [7, 11) is 0. The molecule has 3 nitrogen and oxygen atoms in total. The number of hydrogen-bond donors (Lipinski definition) is 0. The van der Waals surface area contributed by atoms with E-state index in [9.17, 15) is 0 Å². The van der Waals surface area contributed by atoms with E-state index in [1.165, 1.54) is 21.8 Å². The Morgan fingerprint density at radius 1 is 0.864 bits per heavy atom. The SMILES string of the molecule is C(=C\n1c2ccccc2c2ccccc21)/CN1CCOCC1. The van der Waals surface area contributed by atoms with Crippen LogP contribution in [0.5, 0.6) is 0 Å². The van der Waals surface area contributed by atoms with Crippen molar-refractivity contribution in [1.29, 1.82) is 0 Å². The van der Waals surface area contributed by atoms with E-state index in [1.54, 1.807) is 0 Å². The van der Waals surface area contributed by atoms with Crippen molar-refractivity contribution in [3.05, 3.63) is 54.6 Å². The molecule has 2 aromatic carbocycles. The lowest BCUT2D eigenvalue weighted by Gasteiger charge is -2.25. The molecular weight excluding hydrogens is 272 g/mol. The van der Waals surface area contributed by atoms with E-state index in [1.807, 2.05) is 0 Å². The molecule has 0 spiro atoms. The van der Waals surface area contributed by atoms with Gasteiger partial charge in [0.15, 0.2) is 0 Å². The predicted molar refractivity (Wildman–Crippen MR) is 92.0 cm³/mol. The Balaban J connectivity index is 1.70. The lowest BCUT2D eigenvalue weighted by molar-refractivity contribution is 0.0435. The first-order chi connectivity index (χ1) is 10.9. The number of morpholine rings is 1. The Morgan fingerprint density at radius 3 is 2.09 bits per heavy atom. The van der Waals surface area contributed by atoms with Gasteiger partial charge >= 0.3 is 0 Å². The maximum absolute atomic E-state index is 5.40. The lowest BCUT2D eigenvalue weighted by Crippen LogP contribution is -2.36. The van der Waals surface area contributed by atoms with Gasteiger partial charge in [0.05, 0.1) is 24.2 Å². The van der Waals surface area contributed by atoms with Gasteiger partial charge in [-0.25, -0.2) is 0 Å². The van der Waals surface area contributed by atoms with Crippen LogP contribution in [0.4, 0.5) is 0 Å². The Kier molecular flexibility index (Phi) is 3.67. The Labute approximate surface area is 130 Å². The summed E-state index contributed by atoms with van der Waals surface area (Å²) in [5, 5.41) is 2.63. The highest BCUT2D eigenvalue weighted by atomic mass is 16.5. The second kappa shape index (κ2) is 5.95. The summed E-state index contributed by atoms with van der Waals surface area (Å²) >= 11 is 0. The summed E-state index contributed by atoms with van der Waals surface area (Å²) in [6, 6.07) is 17.2. The van der Waals surface area contributed by atoms with E-state index in [-0.39, 0.29) is 0 Å². The van der Waals surface area contributed by atoms with Gasteiger partial charge in [-0.05, 0) is 12.1 Å². The van der Waals surface area contributed by atoms with Crippen LogP contribution in [0.1, 0.15) is 0 Å². The summed E-state index contributed by atoms with van der Waals surface area (Å²) in [5.41, 5.74) is 2.53. The molecule has 1 aromatic heterocycles. The molecule has 1 aliphatic heterocycles. The van der Waals surface area contributed by atoms with E-state index >= 15 is 0 Å². The van der Waals surface area contributed by atoms with Gasteiger partial charge in [0, 0.05) is 36.6 Å². The molecule has 0 aliphatic carbocycles. The zero-order chi connectivity index (χ0) is 14.8. The fraction of sp³-hybridized carbons (Fsp3) is 0.263. The van der Waals surface area contributed by atoms with Gasteiger partial charge < -0.3 is 9.30 Å². The normalized spacial score (nSPS) is 16.9. The van der Waals surface area contributed by atoms with Gasteiger partial charge in [-0.1, -0.05) is 42.5 Å². The maximum atomic E-state index is 5.40. The van der Waals surface area contributed by atoms with E-state index < -0.39 is 0 Å². The molecule has 1 fully saturated rings. The third-order valence-corrected chi connectivity index (χ3v) is 4.34. The standard InChI is InChI=1S/C19H20N2O/c1-3-8-18-16(6-1)17-7-2-4-9-19(17)21(18)11-5-10-20-12-14-22-15-13-20/h1-9,11H,10,12-15H2/b11-5+. The first kappa shape index (κ1) is 13.6. The first-order valence-electron chi connectivity index (χ1n) is 7.88. The monoisotopic (exact) mass is 292 g/mol. The van der Waals surface area contributed by atoms with Gasteiger partial charge in [-0.15, -0.1) is 0 Å². The molecule has 1 aliphatic rings. The molecule has 22 heavy (non-hydrogen) atoms. The van der Waals surface area contributed by atoms with Crippen molar-refractivity contribution in [3.63, 3.8) is 0 Å². The van der Waals surface area contributed by atoms with Crippen LogP contribution in [0.3, 0.4) is 0 Å². The molecular formula is C19H20N2O. The second-order valence-electron chi connectivity index (χ2n) is 5.70. The van der Waals surface area contributed by atoms with E-state index in [0.29, 0.717) is 0 Å². The molecule has 0 unspecified atom stereocenters. The predicted octanol–water partition coefficient (Wildman–Crippen LogP) is 3.60. The number of ether oxygens (including phenoxy) is 1. The minimum atomic E-state index is 0.850. The maximum Gasteiger partial charge on any atom is 0.0594 e. The fourth-order valence-corrected chi connectivity index (χ4v) is 3.20. The highest BCUT2D eigenvalue weighted by molar-refractivity contribution is 6.09. The van der Waals surface area contributed by atoms with Crippen LogP contribution in [0, 0.1) is 0 Å². The van der Waals surface area contributed by atoms with Gasteiger partial charge in [0.25, 0.3) is 0 Å². The minimum absolute atomic E-state index is 0.850. The van der Waals surface area contributed by atoms with Crippen LogP contribution in [0.15, 0.2) is 54.6 Å². The average molecular weight is 292 g/mol. The fourth-order valence-electron chi connectivity index (χ4n) is 3.20. The summed E-state index contributed by atoms with van der Waals surface area (Å²) in [4.78, 5) is 2.42. The highest BCUT2D eigenvalue weighted by Gasteiger charge is 2.09. The van der Waals surface area contributed by atoms with Crippen molar-refractivity contribution < 1.29 is 4.74 Å². The summed E-state index contributed by atoms with van der Waals surface area (Å²) in [5.74, 6) is 0. The third kappa shape index (κ3) is 2.43. The Bertz CT molecular complexity index is 759. The molecule has 3 aromatic rings. The molecule has 0 atom stereocenters. The van der Waals surface area contributed by atoms with Crippen LogP contribution < -0.4 is 0 Å². The molecule has 0 radical (unpaired) electrons. The molecule has 0 bridgehead atoms. The van der Waals surface area contributed by atoms with E-state index in [2.05, 4.69) is 70.3 Å². The van der Waals surface area contributed by atoms with Crippen molar-refractivity contribution in [2.24, 2.45) is 0 Å². The Morgan fingerprint density at radius 2 is 1.45 bits per heavy atom. The molecule has 112 valence electrons. The quantitative estimate of drug-likeness (QED) is 0.734. The molecule has 0 saturated carbocycles. The van der Waals surface area contributed by atoms with Crippen LogP contribution in [0.25, 0.3) is 28.0 Å². The van der Waals surface area contributed by atoms with E-state index in [0.717, 1.165) is 32.8 Å². The van der Waals surface area contributed by atoms with Gasteiger partial charge in [-0.2, -0.15) is 0 Å². The number of para-hydroxylation sites is 2. The number of rotatable bonds is 3. The Hall–Kier alpha value is -2.10. The molecule has 3 heteroatoms. The summed E-state index contributed by atoms with van der Waals surface area (Å²) < 4.78 is 7.69. The summed E-state index contributed by atoms with van der Waals surface area (Å²) in [6.45, 7) is 4.73. The van der Waals surface area contributed by atoms with Gasteiger partial charge in [0.2, 0.25) is 0 Å². The molecule has 0 N–H and O–H groups in total. The number of nitrogens with zero attached hydrogens (tertiary/aromatic N) is 2. The number of aromatic nitrogens is 1. The number of benzene rings is 2. The van der Waals surface area contributed by atoms with Crippen molar-refractivity contribution in [2.45, 2.75) is 0 Å². The average Bonchev–Trinajstić information content (AvgIpc) is 2.91. The van der Waals surface area contributed by atoms with Crippen molar-refractivity contribution in [3.8, 4) is 0 Å². The number of hydrogen-bond acceptors (Lipinski definition) is 2. The second-order valence-corrected chi connectivity index (χ2v) is 5.70. The first-order valence-corrected chi connectivity index (χ1v) is 7.88. The molecule has 0 amide bonds. The van der Waals surface area contributed by atoms with Crippen LogP contribution in [-0.4, -0.2) is 42.3 Å². The molecule has 2 heterocycles. The van der Waals surface area contributed by atoms with Gasteiger partial charge in [0.1, 0.15) is 0 Å². The largest absolute Gasteiger partial charge is 0.379 e. The highest BCUT2D eigenvalue weighted by Crippen LogP contribution is 2.28. The van der Waals surface area contributed by atoms with E-state index in [4.69, 9.17) is 4.74 Å². The zero-order valence-corrected chi connectivity index (χ0v) is 12.6. The van der Waals surface area contributed by atoms with Crippen LogP contribution >= 0.6 is 0 Å². The summed E-state index contributed by atoms with van der Waals surface area (Å²) in [6.07, 6.45) is 4.46. The molecule has 4 rings (SSSR count). The topological polar surface area (TPSA) is 17.4 Å². The van der Waals surface area contributed by atoms with Crippen LogP contribution in [0.2, 0.25) is 0 Å². The zero-order valence-electron chi connectivity index (χ0n) is 12.6. The van der Waals surface area contributed by atoms with Crippen molar-refractivity contribution in [2.75, 3.05) is 32.8 Å². The lowest BCUT2D eigenvalue weighted by atomic mass is 10.2. The minimum Gasteiger partial charge on any atom is -0.379 e.